The Hall–Kier alpha value is -8.57. The first kappa shape index (κ1) is 64.4. The summed E-state index contributed by atoms with van der Waals surface area (Å²) in [6, 6.07) is 65.2. The second kappa shape index (κ2) is 31.7. The maximum Gasteiger partial charge on any atom is 0.181 e. The average molecular weight is 1310 g/mol. The molecular weight excluding hydrogens is 1240 g/mol. The van der Waals surface area contributed by atoms with E-state index in [1.54, 1.807) is 68.0 Å². The van der Waals surface area contributed by atoms with Crippen molar-refractivity contribution in [3.05, 3.63) is 289 Å². The Labute approximate surface area is 553 Å². The molecule has 0 spiro atoms. The summed E-state index contributed by atoms with van der Waals surface area (Å²) < 4.78 is 19.6. The number of hydrogen-bond acceptors (Lipinski definition) is 14. The molecule has 9 aromatic heterocycles. The van der Waals surface area contributed by atoms with Gasteiger partial charge < -0.3 is 8.83 Å². The smallest absolute Gasteiger partial charge is 0.181 e. The van der Waals surface area contributed by atoms with Crippen LogP contribution in [0.4, 0.5) is 0 Å². The lowest BCUT2D eigenvalue weighted by Crippen LogP contribution is -1.72. The number of aryl methyl sites for hydroxylation is 9. The van der Waals surface area contributed by atoms with E-state index in [9.17, 15) is 0 Å². The van der Waals surface area contributed by atoms with Gasteiger partial charge in [-0.05, 0) is 241 Å². The van der Waals surface area contributed by atoms with Gasteiger partial charge in [0.1, 0.15) is 11.0 Å². The molecule has 0 fully saturated rings. The zero-order valence-corrected chi connectivity index (χ0v) is 57.2. The standard InChI is InChI=1S/4C9H8S.2C8H7NO.3C8H7NS/c1-7-2-3-9-8(6-7)4-5-10-9;1-7-2-3-8-4-5-10-9(8)6-7;1-7-3-2-4-9-8(7)5-6-10-9;1-7-3-2-4-8-5-6-10-9(7)8;1-6-2-3-8-7(4-6)9-5-10-8;1-6-3-2-4-7-8(6)9-5-10-7;1-6-2-3-8-7(4-6)9-5-10-8;1-6-2-3-7-8(4-6)10-5-9-7;1-6-3-2-4-7-8(6)10-5-9-7/h4*2-6H,1H3;5*2-5H,1H3. The molecular formula is C76H67N5O2S7. The molecule has 90 heavy (non-hydrogen) atoms. The van der Waals surface area contributed by atoms with Gasteiger partial charge in [-0.3, -0.25) is 0 Å². The van der Waals surface area contributed by atoms with Crippen molar-refractivity contribution in [3.8, 4) is 0 Å². The van der Waals surface area contributed by atoms with Crippen molar-refractivity contribution in [1.29, 1.82) is 0 Å². The lowest BCUT2D eigenvalue weighted by molar-refractivity contribution is 0.602. The van der Waals surface area contributed by atoms with Crippen molar-refractivity contribution in [1.82, 2.24) is 24.9 Å². The van der Waals surface area contributed by atoms with E-state index in [-0.39, 0.29) is 0 Å². The number of nitrogens with zero attached hydrogens (tertiary/aromatic N) is 5. The highest BCUT2D eigenvalue weighted by Crippen LogP contribution is 2.27. The maximum atomic E-state index is 5.09. The van der Waals surface area contributed by atoms with E-state index in [1.807, 2.05) is 90.2 Å². The van der Waals surface area contributed by atoms with Crippen LogP contribution in [-0.2, 0) is 0 Å². The number of thiazole rings is 3. The molecule has 0 unspecified atom stereocenters. The highest BCUT2D eigenvalue weighted by atomic mass is 32.1. The van der Waals surface area contributed by atoms with Crippen molar-refractivity contribution in [3.63, 3.8) is 0 Å². The van der Waals surface area contributed by atoms with Crippen LogP contribution in [0.2, 0.25) is 0 Å². The number of oxazole rings is 2. The van der Waals surface area contributed by atoms with E-state index in [4.69, 9.17) is 8.83 Å². The van der Waals surface area contributed by atoms with Crippen LogP contribution in [0.25, 0.3) is 93.2 Å². The molecule has 0 aliphatic carbocycles. The molecule has 0 N–H and O–H groups in total. The van der Waals surface area contributed by atoms with E-state index < -0.39 is 0 Å². The van der Waals surface area contributed by atoms with Crippen LogP contribution in [0.5, 0.6) is 0 Å². The molecule has 0 saturated heterocycles. The van der Waals surface area contributed by atoms with Crippen molar-refractivity contribution in [2.24, 2.45) is 0 Å². The summed E-state index contributed by atoms with van der Waals surface area (Å²) in [6.07, 6.45) is 2.93. The number of thiophene rings is 4. The van der Waals surface area contributed by atoms with Gasteiger partial charge in [-0.15, -0.1) is 79.4 Å². The fourth-order valence-electron chi connectivity index (χ4n) is 9.39. The highest BCUT2D eigenvalue weighted by molar-refractivity contribution is 7.19. The van der Waals surface area contributed by atoms with Gasteiger partial charge in [0.15, 0.2) is 24.0 Å². The molecule has 0 bridgehead atoms. The first-order valence-electron chi connectivity index (χ1n) is 29.0. The first-order valence-corrected chi connectivity index (χ1v) is 35.2. The van der Waals surface area contributed by atoms with E-state index in [0.717, 1.165) is 44.3 Å². The Bertz CT molecular complexity index is 4500. The monoisotopic (exact) mass is 1310 g/mol. The second-order valence-corrected chi connectivity index (χ2v) is 27.7. The molecule has 0 radical (unpaired) electrons. The third-order valence-corrected chi connectivity index (χ3v) is 20.5. The number of aromatic nitrogens is 5. The molecule has 0 atom stereocenters. The topological polar surface area (TPSA) is 90.7 Å². The van der Waals surface area contributed by atoms with Crippen LogP contribution < -0.4 is 0 Å². The largest absolute Gasteiger partial charge is 0.443 e. The average Bonchev–Trinajstić information content (AvgIpc) is 4.64. The van der Waals surface area contributed by atoms with Crippen molar-refractivity contribution in [2.45, 2.75) is 62.3 Å². The van der Waals surface area contributed by atoms with E-state index in [2.05, 4.69) is 234 Å². The Morgan fingerprint density at radius 3 is 1.61 bits per heavy atom. The summed E-state index contributed by atoms with van der Waals surface area (Å²) in [5.74, 6) is 0. The van der Waals surface area contributed by atoms with Gasteiger partial charge >= 0.3 is 0 Å². The summed E-state index contributed by atoms with van der Waals surface area (Å²) in [4.78, 5) is 20.6. The van der Waals surface area contributed by atoms with Gasteiger partial charge in [0.2, 0.25) is 0 Å². The minimum Gasteiger partial charge on any atom is -0.443 e. The molecule has 0 aliphatic heterocycles. The molecule has 7 nitrogen and oxygen atoms in total. The fraction of sp³-hybridized carbons (Fsp3) is 0.118. The summed E-state index contributed by atoms with van der Waals surface area (Å²) in [7, 11) is 0. The Morgan fingerprint density at radius 1 is 0.278 bits per heavy atom. The second-order valence-electron chi connectivity index (χ2n) is 21.3. The lowest BCUT2D eigenvalue weighted by Gasteiger charge is -1.91. The number of rotatable bonds is 0. The third kappa shape index (κ3) is 17.6. The van der Waals surface area contributed by atoms with Gasteiger partial charge in [0.05, 0.1) is 47.2 Å². The zero-order valence-electron chi connectivity index (χ0n) is 51.5. The number of benzene rings is 9. The molecule has 0 amide bonds. The van der Waals surface area contributed by atoms with Crippen LogP contribution in [0.15, 0.2) is 248 Å². The molecule has 14 heteroatoms. The first-order chi connectivity index (χ1) is 43.8. The van der Waals surface area contributed by atoms with E-state index >= 15 is 0 Å². The Balaban J connectivity index is 0.000000111. The third-order valence-electron chi connectivity index (χ3n) is 14.2. The van der Waals surface area contributed by atoms with Crippen LogP contribution >= 0.6 is 79.4 Å². The minimum atomic E-state index is 0.852. The van der Waals surface area contributed by atoms with Gasteiger partial charge in [-0.25, -0.2) is 24.9 Å². The molecule has 9 aromatic carbocycles. The summed E-state index contributed by atoms with van der Waals surface area (Å²) in [5.41, 5.74) is 24.3. The molecule has 18 rings (SSSR count). The minimum absolute atomic E-state index is 0.852. The quantitative estimate of drug-likeness (QED) is 0.149. The lowest BCUT2D eigenvalue weighted by atomic mass is 10.2. The predicted octanol–water partition coefficient (Wildman–Crippen LogP) is 24.9. The SMILES string of the molecule is Cc1ccc2ccsc2c1.Cc1ccc2ncsc2c1.Cc1ccc2ocnc2c1.Cc1ccc2sccc2c1.Cc1ccc2scnc2c1.Cc1cccc2ccsc12.Cc1cccc2ncsc12.Cc1cccc2ocnc12.Cc1cccc2sccc12. The van der Waals surface area contributed by atoms with Crippen LogP contribution in [0.3, 0.4) is 0 Å². The predicted molar refractivity (Wildman–Crippen MR) is 397 cm³/mol. The van der Waals surface area contributed by atoms with Crippen molar-refractivity contribution >= 4 is 173 Å². The Kier molecular flexibility index (Phi) is 22.7. The molecule has 9 heterocycles. The van der Waals surface area contributed by atoms with Gasteiger partial charge in [0.25, 0.3) is 0 Å². The zero-order chi connectivity index (χ0) is 62.8. The summed E-state index contributed by atoms with van der Waals surface area (Å²) >= 11 is 12.3. The molecule has 0 saturated carbocycles. The maximum absolute atomic E-state index is 5.09. The van der Waals surface area contributed by atoms with Crippen LogP contribution in [0, 0.1) is 62.3 Å². The molecule has 18 aromatic rings. The normalized spacial score (nSPS) is 10.5. The molecule has 450 valence electrons. The van der Waals surface area contributed by atoms with Gasteiger partial charge in [0, 0.05) is 18.8 Å². The van der Waals surface area contributed by atoms with Crippen LogP contribution in [-0.4, -0.2) is 24.9 Å². The van der Waals surface area contributed by atoms with Crippen molar-refractivity contribution in [2.75, 3.05) is 0 Å². The molecule has 0 aliphatic rings. The summed E-state index contributed by atoms with van der Waals surface area (Å²) in [6.45, 7) is 18.9. The fourth-order valence-corrected chi connectivity index (χ4v) is 15.0. The Morgan fingerprint density at radius 2 is 0.822 bits per heavy atom. The summed E-state index contributed by atoms with van der Waals surface area (Å²) in [5, 5.41) is 14.0. The number of para-hydroxylation sites is 1. The van der Waals surface area contributed by atoms with E-state index in [0.29, 0.717) is 0 Å². The highest BCUT2D eigenvalue weighted by Gasteiger charge is 2.02. The van der Waals surface area contributed by atoms with Gasteiger partial charge in [-0.1, -0.05) is 103 Å². The van der Waals surface area contributed by atoms with Crippen molar-refractivity contribution < 1.29 is 8.83 Å². The number of fused-ring (bicyclic) bond motifs is 9. The van der Waals surface area contributed by atoms with E-state index in [1.165, 1.54) is 112 Å². The van der Waals surface area contributed by atoms with Crippen LogP contribution in [0.1, 0.15) is 50.1 Å². The number of hydrogen-bond donors (Lipinski definition) is 0. The van der Waals surface area contributed by atoms with Gasteiger partial charge in [-0.2, -0.15) is 0 Å².